The van der Waals surface area contributed by atoms with Gasteiger partial charge in [0, 0.05) is 28.6 Å². The molecular formula is C27H19ClN3O4-. The summed E-state index contributed by atoms with van der Waals surface area (Å²) >= 11 is 5.95. The zero-order valence-electron chi connectivity index (χ0n) is 18.4. The zero-order chi connectivity index (χ0) is 24.8. The topological polar surface area (TPSA) is 108 Å². The monoisotopic (exact) mass is 484 g/mol. The molecule has 0 aliphatic carbocycles. The van der Waals surface area contributed by atoms with Crippen LogP contribution in [0.1, 0.15) is 27.0 Å². The average molecular weight is 485 g/mol. The zero-order valence-corrected chi connectivity index (χ0v) is 19.1. The number of nitrogens with zero attached hydrogens (tertiary/aromatic N) is 2. The molecule has 0 saturated carbocycles. The Hall–Kier alpha value is -4.49. The summed E-state index contributed by atoms with van der Waals surface area (Å²) in [5, 5.41) is 27.3. The molecule has 0 saturated heterocycles. The third kappa shape index (κ3) is 6.10. The molecule has 4 rings (SSSR count). The normalized spacial score (nSPS) is 10.9. The number of amides is 1. The number of nitro groups is 1. The highest BCUT2D eigenvalue weighted by Gasteiger charge is 2.13. The van der Waals surface area contributed by atoms with Crippen molar-refractivity contribution in [1.82, 2.24) is 0 Å². The van der Waals surface area contributed by atoms with Crippen LogP contribution in [-0.2, 0) is 6.42 Å². The van der Waals surface area contributed by atoms with Crippen molar-refractivity contribution < 1.29 is 14.8 Å². The van der Waals surface area contributed by atoms with E-state index in [-0.39, 0.29) is 11.5 Å². The van der Waals surface area contributed by atoms with E-state index in [4.69, 9.17) is 11.6 Å². The number of hydrogen-bond donors (Lipinski definition) is 1. The Morgan fingerprint density at radius 2 is 1.71 bits per heavy atom. The van der Waals surface area contributed by atoms with E-state index in [1.54, 1.807) is 54.6 Å². The van der Waals surface area contributed by atoms with Gasteiger partial charge in [0.05, 0.1) is 10.6 Å². The second kappa shape index (κ2) is 10.6. The lowest BCUT2D eigenvalue weighted by molar-refractivity contribution is -0.398. The van der Waals surface area contributed by atoms with Gasteiger partial charge in [0.15, 0.2) is 0 Å². The van der Waals surface area contributed by atoms with Crippen LogP contribution in [0, 0.1) is 10.1 Å². The van der Waals surface area contributed by atoms with Gasteiger partial charge in [-0.25, -0.2) is 0 Å². The summed E-state index contributed by atoms with van der Waals surface area (Å²) in [7, 11) is 0. The first-order chi connectivity index (χ1) is 16.9. The van der Waals surface area contributed by atoms with Gasteiger partial charge >= 0.3 is 0 Å². The maximum atomic E-state index is 12.6. The van der Waals surface area contributed by atoms with Crippen molar-refractivity contribution in [2.24, 2.45) is 4.99 Å². The van der Waals surface area contributed by atoms with Crippen LogP contribution < -0.4 is 10.4 Å². The number of aliphatic imine (C=N–C) groups is 1. The van der Waals surface area contributed by atoms with E-state index in [2.05, 4.69) is 10.3 Å². The van der Waals surface area contributed by atoms with Gasteiger partial charge < -0.3 is 10.4 Å². The van der Waals surface area contributed by atoms with Crippen LogP contribution in [-0.4, -0.2) is 17.0 Å². The predicted molar refractivity (Wildman–Crippen MR) is 135 cm³/mol. The molecule has 0 unspecified atom stereocenters. The molecule has 0 spiro atoms. The Balaban J connectivity index is 1.58. The lowest BCUT2D eigenvalue weighted by atomic mass is 10.0. The summed E-state index contributed by atoms with van der Waals surface area (Å²) in [4.78, 5) is 27.6. The SMILES string of the molecule is O=C(Nc1cccc(N=Cc2cc(Cc3ccccc3)cc([N+](=O)[O-])c2[O-])c1)c1cccc(Cl)c1. The van der Waals surface area contributed by atoms with Gasteiger partial charge in [-0.1, -0.05) is 54.1 Å². The molecule has 174 valence electrons. The maximum absolute atomic E-state index is 12.6. The fourth-order valence-electron chi connectivity index (χ4n) is 3.50. The number of carbonyl (C=O) groups excluding carboxylic acids is 1. The number of anilines is 1. The highest BCUT2D eigenvalue weighted by Crippen LogP contribution is 2.30. The number of benzene rings is 4. The van der Waals surface area contributed by atoms with Gasteiger partial charge in [0.25, 0.3) is 11.6 Å². The Bertz CT molecular complexity index is 1420. The molecule has 0 bridgehead atoms. The van der Waals surface area contributed by atoms with Gasteiger partial charge in [0.2, 0.25) is 0 Å². The number of rotatable bonds is 7. The third-order valence-electron chi connectivity index (χ3n) is 5.15. The number of nitro benzene ring substituents is 1. The summed E-state index contributed by atoms with van der Waals surface area (Å²) in [5.74, 6) is -1.04. The van der Waals surface area contributed by atoms with Crippen LogP contribution in [0.5, 0.6) is 5.75 Å². The van der Waals surface area contributed by atoms with E-state index in [0.29, 0.717) is 33.9 Å². The van der Waals surface area contributed by atoms with Gasteiger partial charge in [-0.2, -0.15) is 0 Å². The van der Waals surface area contributed by atoms with Crippen LogP contribution in [0.25, 0.3) is 0 Å². The highest BCUT2D eigenvalue weighted by atomic mass is 35.5. The molecular weight excluding hydrogens is 466 g/mol. The number of nitrogens with one attached hydrogen (secondary N) is 1. The number of halogens is 1. The molecule has 8 heteroatoms. The summed E-state index contributed by atoms with van der Waals surface area (Å²) in [6, 6.07) is 25.7. The summed E-state index contributed by atoms with van der Waals surface area (Å²) in [5.41, 5.74) is 2.57. The van der Waals surface area contributed by atoms with E-state index in [0.717, 1.165) is 5.56 Å². The Kier molecular flexibility index (Phi) is 7.18. The molecule has 4 aromatic rings. The standard InChI is InChI=1S/C27H20ClN3O4/c28-22-9-4-8-20(15-22)27(33)30-24-11-5-10-23(16-24)29-17-21-13-19(12-18-6-2-1-3-7-18)14-25(26(21)32)31(34)35/h1-11,13-17,32H,12H2,(H,30,33)/p-1. The van der Waals surface area contributed by atoms with Crippen LogP contribution in [0.3, 0.4) is 0 Å². The smallest absolute Gasteiger partial charge is 0.262 e. The minimum absolute atomic E-state index is 0.110. The van der Waals surface area contributed by atoms with Crippen molar-refractivity contribution in [2.45, 2.75) is 6.42 Å². The number of carbonyl (C=O) groups is 1. The molecule has 1 N–H and O–H groups in total. The van der Waals surface area contributed by atoms with Gasteiger partial charge in [-0.05, 0) is 71.3 Å². The molecule has 0 fully saturated rings. The molecule has 0 aliphatic heterocycles. The Morgan fingerprint density at radius 1 is 0.943 bits per heavy atom. The lowest BCUT2D eigenvalue weighted by Gasteiger charge is -2.13. The first kappa shape index (κ1) is 23.7. The first-order valence-corrected chi connectivity index (χ1v) is 11.0. The number of hydrogen-bond acceptors (Lipinski definition) is 5. The largest absolute Gasteiger partial charge is 0.867 e. The van der Waals surface area contributed by atoms with E-state index < -0.39 is 16.4 Å². The second-order valence-electron chi connectivity index (χ2n) is 7.73. The van der Waals surface area contributed by atoms with Crippen LogP contribution in [0.2, 0.25) is 5.02 Å². The van der Waals surface area contributed by atoms with Crippen molar-refractivity contribution >= 4 is 40.8 Å². The van der Waals surface area contributed by atoms with Gasteiger partial charge in [-0.3, -0.25) is 19.9 Å². The maximum Gasteiger partial charge on any atom is 0.262 e. The molecule has 0 aromatic heterocycles. The molecule has 0 radical (unpaired) electrons. The molecule has 0 atom stereocenters. The van der Waals surface area contributed by atoms with Crippen LogP contribution in [0.4, 0.5) is 17.1 Å². The predicted octanol–water partition coefficient (Wildman–Crippen LogP) is 5.92. The Morgan fingerprint density at radius 3 is 2.46 bits per heavy atom. The van der Waals surface area contributed by atoms with Crippen molar-refractivity contribution in [3.63, 3.8) is 0 Å². The molecule has 4 aromatic carbocycles. The highest BCUT2D eigenvalue weighted by molar-refractivity contribution is 6.31. The molecule has 1 amide bonds. The van der Waals surface area contributed by atoms with Crippen LogP contribution in [0.15, 0.2) is 96.0 Å². The van der Waals surface area contributed by atoms with E-state index >= 15 is 0 Å². The third-order valence-corrected chi connectivity index (χ3v) is 5.38. The van der Waals surface area contributed by atoms with Gasteiger partial charge in [-0.15, -0.1) is 0 Å². The second-order valence-corrected chi connectivity index (χ2v) is 8.16. The van der Waals surface area contributed by atoms with Crippen molar-refractivity contribution in [1.29, 1.82) is 0 Å². The van der Waals surface area contributed by atoms with E-state index in [1.807, 2.05) is 30.3 Å². The van der Waals surface area contributed by atoms with Crippen LogP contribution >= 0.6 is 11.6 Å². The fourth-order valence-corrected chi connectivity index (χ4v) is 3.69. The lowest BCUT2D eigenvalue weighted by Crippen LogP contribution is -2.11. The molecule has 0 heterocycles. The quantitative estimate of drug-likeness (QED) is 0.199. The molecule has 35 heavy (non-hydrogen) atoms. The Labute approximate surface area is 206 Å². The van der Waals surface area contributed by atoms with Gasteiger partial charge in [0.1, 0.15) is 0 Å². The summed E-state index contributed by atoms with van der Waals surface area (Å²) in [6.45, 7) is 0. The van der Waals surface area contributed by atoms with Crippen molar-refractivity contribution in [3.8, 4) is 5.75 Å². The minimum atomic E-state index is -0.707. The average Bonchev–Trinajstić information content (AvgIpc) is 2.85. The molecule has 0 aliphatic rings. The van der Waals surface area contributed by atoms with Crippen molar-refractivity contribution in [3.05, 3.63) is 128 Å². The first-order valence-electron chi connectivity index (χ1n) is 10.6. The summed E-state index contributed by atoms with van der Waals surface area (Å²) < 4.78 is 0. The van der Waals surface area contributed by atoms with E-state index in [1.165, 1.54) is 12.3 Å². The van der Waals surface area contributed by atoms with E-state index in [9.17, 15) is 20.0 Å². The minimum Gasteiger partial charge on any atom is -0.867 e. The molecule has 7 nitrogen and oxygen atoms in total. The van der Waals surface area contributed by atoms with Crippen molar-refractivity contribution in [2.75, 3.05) is 5.32 Å². The summed E-state index contributed by atoms with van der Waals surface area (Å²) in [6.07, 6.45) is 1.75. The fraction of sp³-hybridized carbons (Fsp3) is 0.0370.